The number of aromatic amines is 1. The molecule has 0 fully saturated rings. The highest BCUT2D eigenvalue weighted by Gasteiger charge is 2.22. The first-order valence-electron chi connectivity index (χ1n) is 8.30. The number of rotatable bonds is 3. The number of aromatic nitrogens is 2. The Morgan fingerprint density at radius 3 is 3.00 bits per heavy atom. The fourth-order valence-electron chi connectivity index (χ4n) is 3.54. The largest absolute Gasteiger partial charge is 0.399 e. The molecule has 1 amide bonds. The van der Waals surface area contributed by atoms with Gasteiger partial charge in [0.25, 0.3) is 0 Å². The number of amides is 1. The van der Waals surface area contributed by atoms with Crippen LogP contribution < -0.4 is 11.1 Å². The number of para-hydroxylation sites is 1. The lowest BCUT2D eigenvalue weighted by Gasteiger charge is -2.26. The van der Waals surface area contributed by atoms with Gasteiger partial charge in [-0.1, -0.05) is 24.3 Å². The number of nitrogen functional groups attached to an aromatic ring is 1. The maximum atomic E-state index is 12.5. The van der Waals surface area contributed by atoms with Crippen molar-refractivity contribution in [2.75, 3.05) is 5.73 Å². The van der Waals surface area contributed by atoms with E-state index < -0.39 is 0 Å². The summed E-state index contributed by atoms with van der Waals surface area (Å²) in [6.45, 7) is 0. The number of hydrogen-bond acceptors (Lipinski definition) is 3. The highest BCUT2D eigenvalue weighted by molar-refractivity contribution is 5.87. The minimum absolute atomic E-state index is 0. The average Bonchev–Trinajstić information content (AvgIpc) is 2.98. The Hall–Kier alpha value is -2.53. The molecule has 1 aliphatic rings. The summed E-state index contributed by atoms with van der Waals surface area (Å²) >= 11 is 0. The lowest BCUT2D eigenvalue weighted by molar-refractivity contribution is -0.121. The molecule has 1 aromatic heterocycles. The SMILES string of the molecule is Cl.Nc1ccc2c(c1)CCCC2NC(=O)Cc1[nH]nc2ccccc12. The van der Waals surface area contributed by atoms with Crippen LogP contribution >= 0.6 is 12.4 Å². The van der Waals surface area contributed by atoms with Crippen molar-refractivity contribution in [3.63, 3.8) is 0 Å². The van der Waals surface area contributed by atoms with Gasteiger partial charge in [-0.05, 0) is 48.6 Å². The van der Waals surface area contributed by atoms with Gasteiger partial charge in [-0.15, -0.1) is 12.4 Å². The lowest BCUT2D eigenvalue weighted by atomic mass is 9.87. The van der Waals surface area contributed by atoms with Gasteiger partial charge in [0.1, 0.15) is 0 Å². The smallest absolute Gasteiger partial charge is 0.226 e. The van der Waals surface area contributed by atoms with Crippen molar-refractivity contribution in [2.24, 2.45) is 0 Å². The molecule has 0 spiro atoms. The Bertz CT molecular complexity index is 905. The summed E-state index contributed by atoms with van der Waals surface area (Å²) in [7, 11) is 0. The van der Waals surface area contributed by atoms with Crippen molar-refractivity contribution in [3.05, 3.63) is 59.3 Å². The molecule has 1 atom stereocenters. The monoisotopic (exact) mass is 356 g/mol. The molecule has 4 rings (SSSR count). The van der Waals surface area contributed by atoms with E-state index in [9.17, 15) is 4.79 Å². The number of benzene rings is 2. The van der Waals surface area contributed by atoms with Crippen LogP contribution in [0.5, 0.6) is 0 Å². The van der Waals surface area contributed by atoms with Gasteiger partial charge in [-0.2, -0.15) is 5.10 Å². The van der Waals surface area contributed by atoms with Crippen molar-refractivity contribution in [1.82, 2.24) is 15.5 Å². The molecule has 5 nitrogen and oxygen atoms in total. The molecule has 0 aliphatic heterocycles. The second kappa shape index (κ2) is 7.15. The summed E-state index contributed by atoms with van der Waals surface area (Å²) in [4.78, 5) is 12.5. The molecule has 2 aromatic carbocycles. The van der Waals surface area contributed by atoms with Crippen LogP contribution in [0, 0.1) is 0 Å². The predicted octanol–water partition coefficient (Wildman–Crippen LogP) is 3.30. The first kappa shape index (κ1) is 17.3. The fourth-order valence-corrected chi connectivity index (χ4v) is 3.54. The normalized spacial score (nSPS) is 16.1. The average molecular weight is 357 g/mol. The summed E-state index contributed by atoms with van der Waals surface area (Å²) in [5.74, 6) is 0.0130. The summed E-state index contributed by atoms with van der Waals surface area (Å²) in [6.07, 6.45) is 3.36. The number of anilines is 1. The lowest BCUT2D eigenvalue weighted by Crippen LogP contribution is -2.32. The molecule has 0 saturated heterocycles. The maximum Gasteiger partial charge on any atom is 0.226 e. The third-order valence-corrected chi connectivity index (χ3v) is 4.69. The van der Waals surface area contributed by atoms with E-state index in [0.717, 1.165) is 41.5 Å². The van der Waals surface area contributed by atoms with E-state index in [4.69, 9.17) is 5.73 Å². The number of carbonyl (C=O) groups is 1. The first-order valence-corrected chi connectivity index (χ1v) is 8.30. The number of aryl methyl sites for hydroxylation is 1. The molecule has 6 heteroatoms. The van der Waals surface area contributed by atoms with E-state index in [1.165, 1.54) is 11.1 Å². The van der Waals surface area contributed by atoms with Crippen molar-refractivity contribution >= 4 is 34.9 Å². The third-order valence-electron chi connectivity index (χ3n) is 4.69. The Morgan fingerprint density at radius 2 is 2.12 bits per heavy atom. The molecule has 25 heavy (non-hydrogen) atoms. The molecule has 0 radical (unpaired) electrons. The second-order valence-corrected chi connectivity index (χ2v) is 6.37. The Morgan fingerprint density at radius 1 is 1.28 bits per heavy atom. The van der Waals surface area contributed by atoms with Crippen LogP contribution in [0.4, 0.5) is 5.69 Å². The molecule has 130 valence electrons. The van der Waals surface area contributed by atoms with Crippen LogP contribution in [0.15, 0.2) is 42.5 Å². The van der Waals surface area contributed by atoms with E-state index in [1.807, 2.05) is 42.5 Å². The first-order chi connectivity index (χ1) is 11.7. The maximum absolute atomic E-state index is 12.5. The van der Waals surface area contributed by atoms with Crippen LogP contribution in [0.1, 0.15) is 35.7 Å². The molecule has 4 N–H and O–H groups in total. The predicted molar refractivity (Wildman–Crippen MR) is 102 cm³/mol. The quantitative estimate of drug-likeness (QED) is 0.629. The molecule has 1 aliphatic carbocycles. The Labute approximate surface area is 152 Å². The number of nitrogens with zero attached hydrogens (tertiary/aromatic N) is 1. The van der Waals surface area contributed by atoms with Crippen LogP contribution in [0.3, 0.4) is 0 Å². The van der Waals surface area contributed by atoms with Gasteiger partial charge >= 0.3 is 0 Å². The van der Waals surface area contributed by atoms with Crippen LogP contribution in [-0.2, 0) is 17.6 Å². The number of nitrogens with one attached hydrogen (secondary N) is 2. The number of hydrogen-bond donors (Lipinski definition) is 3. The molecule has 0 saturated carbocycles. The second-order valence-electron chi connectivity index (χ2n) is 6.37. The summed E-state index contributed by atoms with van der Waals surface area (Å²) < 4.78 is 0. The van der Waals surface area contributed by atoms with Gasteiger partial charge < -0.3 is 11.1 Å². The van der Waals surface area contributed by atoms with Gasteiger partial charge in [0.2, 0.25) is 5.91 Å². The number of halogens is 1. The van der Waals surface area contributed by atoms with Crippen molar-refractivity contribution < 1.29 is 4.79 Å². The van der Waals surface area contributed by atoms with Crippen molar-refractivity contribution in [3.8, 4) is 0 Å². The number of fused-ring (bicyclic) bond motifs is 2. The molecule has 1 unspecified atom stereocenters. The standard InChI is InChI=1S/C19H20N4O.ClH/c20-13-8-9-14-12(10-13)4-3-7-16(14)21-19(24)11-18-15-5-1-2-6-17(15)22-23-18;/h1-2,5-6,8-10,16H,3-4,7,11,20H2,(H,21,24)(H,22,23);1H. The van der Waals surface area contributed by atoms with Crippen LogP contribution in [-0.4, -0.2) is 16.1 Å². The number of carbonyl (C=O) groups excluding carboxylic acids is 1. The number of H-pyrrole nitrogens is 1. The van der Waals surface area contributed by atoms with E-state index in [1.54, 1.807) is 0 Å². The number of nitrogens with two attached hydrogens (primary N) is 1. The third kappa shape index (κ3) is 3.46. The molecular formula is C19H21ClN4O. The Kier molecular flexibility index (Phi) is 4.95. The molecule has 3 aromatic rings. The van der Waals surface area contributed by atoms with E-state index in [-0.39, 0.29) is 24.4 Å². The van der Waals surface area contributed by atoms with Crippen molar-refractivity contribution in [2.45, 2.75) is 31.7 Å². The van der Waals surface area contributed by atoms with E-state index in [2.05, 4.69) is 15.5 Å². The van der Waals surface area contributed by atoms with Crippen molar-refractivity contribution in [1.29, 1.82) is 0 Å². The van der Waals surface area contributed by atoms with Gasteiger partial charge in [-0.3, -0.25) is 9.89 Å². The zero-order valence-corrected chi connectivity index (χ0v) is 14.6. The minimum atomic E-state index is 0. The fraction of sp³-hybridized carbons (Fsp3) is 0.263. The summed E-state index contributed by atoms with van der Waals surface area (Å²) in [5, 5.41) is 11.4. The summed E-state index contributed by atoms with van der Waals surface area (Å²) in [6, 6.07) is 13.9. The highest BCUT2D eigenvalue weighted by atomic mass is 35.5. The summed E-state index contributed by atoms with van der Waals surface area (Å²) in [5.41, 5.74) is 10.8. The topological polar surface area (TPSA) is 83.8 Å². The van der Waals surface area contributed by atoms with Gasteiger partial charge in [0, 0.05) is 11.1 Å². The molecular weight excluding hydrogens is 336 g/mol. The van der Waals surface area contributed by atoms with Crippen LogP contribution in [0.25, 0.3) is 10.9 Å². The van der Waals surface area contributed by atoms with E-state index >= 15 is 0 Å². The Balaban J connectivity index is 0.00000182. The van der Waals surface area contributed by atoms with Crippen LogP contribution in [0.2, 0.25) is 0 Å². The molecule has 0 bridgehead atoms. The highest BCUT2D eigenvalue weighted by Crippen LogP contribution is 2.31. The zero-order valence-electron chi connectivity index (χ0n) is 13.8. The molecule has 1 heterocycles. The van der Waals surface area contributed by atoms with Gasteiger partial charge in [0.15, 0.2) is 0 Å². The van der Waals surface area contributed by atoms with Gasteiger partial charge in [0.05, 0.1) is 23.7 Å². The minimum Gasteiger partial charge on any atom is -0.399 e. The van der Waals surface area contributed by atoms with E-state index in [0.29, 0.717) is 6.42 Å². The zero-order chi connectivity index (χ0) is 16.5. The van der Waals surface area contributed by atoms with Gasteiger partial charge in [-0.25, -0.2) is 0 Å².